The van der Waals surface area contributed by atoms with Crippen molar-refractivity contribution in [2.45, 2.75) is 6.18 Å². The zero-order valence-electron chi connectivity index (χ0n) is 12.3. The Morgan fingerprint density at radius 3 is 2.50 bits per heavy atom. The van der Waals surface area contributed by atoms with Crippen molar-refractivity contribution in [3.63, 3.8) is 0 Å². The summed E-state index contributed by atoms with van der Waals surface area (Å²) >= 11 is 6.06. The van der Waals surface area contributed by atoms with Crippen LogP contribution in [0.4, 0.5) is 13.2 Å². The molecule has 0 bridgehead atoms. The first-order chi connectivity index (χ1) is 11.3. The van der Waals surface area contributed by atoms with Gasteiger partial charge in [0.05, 0.1) is 18.1 Å². The predicted molar refractivity (Wildman–Crippen MR) is 84.5 cm³/mol. The van der Waals surface area contributed by atoms with Crippen molar-refractivity contribution in [2.24, 2.45) is 0 Å². The Morgan fingerprint density at radius 1 is 1.12 bits per heavy atom. The van der Waals surface area contributed by atoms with Gasteiger partial charge in [-0.05, 0) is 24.3 Å². The van der Waals surface area contributed by atoms with Gasteiger partial charge in [-0.3, -0.25) is 4.79 Å². The van der Waals surface area contributed by atoms with E-state index in [2.05, 4.69) is 0 Å². The number of hydrogen-bond donors (Lipinski definition) is 0. The van der Waals surface area contributed by atoms with Gasteiger partial charge in [-0.2, -0.15) is 13.2 Å². The number of rotatable bonds is 2. The number of para-hydroxylation sites is 1. The fourth-order valence-corrected chi connectivity index (χ4v) is 2.62. The Labute approximate surface area is 139 Å². The summed E-state index contributed by atoms with van der Waals surface area (Å²) < 4.78 is 49.2. The van der Waals surface area contributed by atoms with E-state index < -0.39 is 17.2 Å². The quantitative estimate of drug-likeness (QED) is 0.639. The van der Waals surface area contributed by atoms with Gasteiger partial charge in [0.25, 0.3) is 0 Å². The Balaban J connectivity index is 2.25. The molecule has 124 valence electrons. The highest BCUT2D eigenvalue weighted by molar-refractivity contribution is 6.33. The van der Waals surface area contributed by atoms with Crippen molar-refractivity contribution >= 4 is 22.6 Å². The molecule has 0 amide bonds. The summed E-state index contributed by atoms with van der Waals surface area (Å²) in [6, 6.07) is 9.67. The van der Waals surface area contributed by atoms with Crippen molar-refractivity contribution in [1.29, 1.82) is 0 Å². The lowest BCUT2D eigenvalue weighted by Crippen LogP contribution is -2.08. The summed E-state index contributed by atoms with van der Waals surface area (Å²) in [5.41, 5.74) is -0.867. The summed E-state index contributed by atoms with van der Waals surface area (Å²) in [7, 11) is 1.13. The van der Waals surface area contributed by atoms with Crippen molar-refractivity contribution < 1.29 is 22.3 Å². The van der Waals surface area contributed by atoms with E-state index >= 15 is 0 Å². The van der Waals surface area contributed by atoms with Crippen LogP contribution in [0.3, 0.4) is 0 Å². The number of alkyl halides is 3. The molecule has 2 aromatic carbocycles. The monoisotopic (exact) mass is 354 g/mol. The normalized spacial score (nSPS) is 11.7. The van der Waals surface area contributed by atoms with Crippen LogP contribution < -0.4 is 10.2 Å². The van der Waals surface area contributed by atoms with Crippen LogP contribution in [0.25, 0.3) is 22.3 Å². The van der Waals surface area contributed by atoms with Gasteiger partial charge in [-0.15, -0.1) is 0 Å². The lowest BCUT2D eigenvalue weighted by atomic mass is 10.1. The van der Waals surface area contributed by atoms with Crippen LogP contribution in [0.2, 0.25) is 5.02 Å². The summed E-state index contributed by atoms with van der Waals surface area (Å²) in [4.78, 5) is 12.3. The first-order valence-corrected chi connectivity index (χ1v) is 7.17. The smallest absolute Gasteiger partial charge is 0.419 e. The average molecular weight is 355 g/mol. The molecule has 0 aliphatic heterocycles. The van der Waals surface area contributed by atoms with Gasteiger partial charge >= 0.3 is 6.18 Å². The van der Waals surface area contributed by atoms with Crippen LogP contribution in [-0.2, 0) is 6.18 Å². The third kappa shape index (κ3) is 2.73. The van der Waals surface area contributed by atoms with Crippen LogP contribution in [0.5, 0.6) is 5.75 Å². The van der Waals surface area contributed by atoms with Crippen LogP contribution in [0.15, 0.2) is 51.7 Å². The molecule has 0 atom stereocenters. The van der Waals surface area contributed by atoms with E-state index in [9.17, 15) is 18.0 Å². The van der Waals surface area contributed by atoms with E-state index in [0.29, 0.717) is 11.0 Å². The van der Waals surface area contributed by atoms with Gasteiger partial charge in [0, 0.05) is 5.56 Å². The maximum absolute atomic E-state index is 12.9. The van der Waals surface area contributed by atoms with Crippen LogP contribution in [0.1, 0.15) is 5.56 Å². The first kappa shape index (κ1) is 16.4. The van der Waals surface area contributed by atoms with Crippen molar-refractivity contribution in [3.8, 4) is 17.1 Å². The summed E-state index contributed by atoms with van der Waals surface area (Å²) in [5.74, 6) is -0.390. The van der Waals surface area contributed by atoms with Crippen LogP contribution in [0, 0.1) is 0 Å². The molecule has 0 radical (unpaired) electrons. The first-order valence-electron chi connectivity index (χ1n) is 6.80. The third-order valence-corrected chi connectivity index (χ3v) is 3.85. The van der Waals surface area contributed by atoms with Gasteiger partial charge in [-0.25, -0.2) is 0 Å². The maximum Gasteiger partial charge on any atom is 0.419 e. The van der Waals surface area contributed by atoms with Crippen molar-refractivity contribution in [3.05, 3.63) is 63.3 Å². The van der Waals surface area contributed by atoms with E-state index in [1.54, 1.807) is 24.3 Å². The van der Waals surface area contributed by atoms with E-state index in [1.807, 2.05) is 0 Å². The number of ether oxygens (including phenoxy) is 1. The van der Waals surface area contributed by atoms with Gasteiger partial charge in [0.15, 0.2) is 5.76 Å². The highest BCUT2D eigenvalue weighted by Crippen LogP contribution is 2.39. The fraction of sp³-hybridized carbons (Fsp3) is 0.118. The van der Waals surface area contributed by atoms with Gasteiger partial charge < -0.3 is 9.15 Å². The second-order valence-corrected chi connectivity index (χ2v) is 5.36. The minimum absolute atomic E-state index is 0.00705. The molecule has 0 fully saturated rings. The van der Waals surface area contributed by atoms with E-state index in [1.165, 1.54) is 6.07 Å². The molecule has 3 aromatic rings. The minimum atomic E-state index is -4.56. The number of benzene rings is 2. The molecule has 0 unspecified atom stereocenters. The molecular formula is C17H10ClF3O3. The molecular weight excluding hydrogens is 345 g/mol. The maximum atomic E-state index is 12.9. The van der Waals surface area contributed by atoms with E-state index in [-0.39, 0.29) is 22.1 Å². The van der Waals surface area contributed by atoms with Crippen LogP contribution in [-0.4, -0.2) is 7.11 Å². The Hall–Kier alpha value is -2.47. The molecule has 1 heterocycles. The molecule has 0 aliphatic carbocycles. The second-order valence-electron chi connectivity index (χ2n) is 4.98. The molecule has 1 aromatic heterocycles. The fourth-order valence-electron chi connectivity index (χ4n) is 2.37. The molecule has 0 aliphatic rings. The molecule has 24 heavy (non-hydrogen) atoms. The van der Waals surface area contributed by atoms with Gasteiger partial charge in [0.1, 0.15) is 16.4 Å². The SMILES string of the molecule is COc1cc(-c2oc3ccccc3c(=O)c2Cl)ccc1C(F)(F)F. The molecule has 0 N–H and O–H groups in total. The summed E-state index contributed by atoms with van der Waals surface area (Å²) in [6.45, 7) is 0. The average Bonchev–Trinajstić information content (AvgIpc) is 2.56. The van der Waals surface area contributed by atoms with E-state index in [4.69, 9.17) is 20.8 Å². The minimum Gasteiger partial charge on any atom is -0.496 e. The molecule has 3 rings (SSSR count). The largest absolute Gasteiger partial charge is 0.496 e. The van der Waals surface area contributed by atoms with Crippen molar-refractivity contribution in [2.75, 3.05) is 7.11 Å². The third-order valence-electron chi connectivity index (χ3n) is 3.51. The predicted octanol–water partition coefficient (Wildman–Crippen LogP) is 5.14. The molecule has 3 nitrogen and oxygen atoms in total. The molecule has 0 saturated heterocycles. The number of halogens is 4. The Bertz CT molecular complexity index is 977. The zero-order valence-corrected chi connectivity index (χ0v) is 13.0. The Kier molecular flexibility index (Phi) is 4.01. The Morgan fingerprint density at radius 2 is 1.83 bits per heavy atom. The number of hydrogen-bond acceptors (Lipinski definition) is 3. The highest BCUT2D eigenvalue weighted by Gasteiger charge is 2.34. The second kappa shape index (κ2) is 5.87. The lowest BCUT2D eigenvalue weighted by Gasteiger charge is -2.13. The highest BCUT2D eigenvalue weighted by atomic mass is 35.5. The van der Waals surface area contributed by atoms with E-state index in [0.717, 1.165) is 19.2 Å². The van der Waals surface area contributed by atoms with Gasteiger partial charge in [0.2, 0.25) is 5.43 Å². The molecule has 0 spiro atoms. The zero-order chi connectivity index (χ0) is 17.5. The summed E-state index contributed by atoms with van der Waals surface area (Å²) in [5, 5.41) is 0.0978. The summed E-state index contributed by atoms with van der Waals surface area (Å²) in [6.07, 6.45) is -4.56. The van der Waals surface area contributed by atoms with Crippen molar-refractivity contribution in [1.82, 2.24) is 0 Å². The topological polar surface area (TPSA) is 39.4 Å². The number of methoxy groups -OCH3 is 1. The molecule has 0 saturated carbocycles. The number of fused-ring (bicyclic) bond motifs is 1. The van der Waals surface area contributed by atoms with Gasteiger partial charge in [-0.1, -0.05) is 29.8 Å². The van der Waals surface area contributed by atoms with Crippen LogP contribution >= 0.6 is 11.6 Å². The molecule has 7 heteroatoms. The lowest BCUT2D eigenvalue weighted by molar-refractivity contribution is -0.138. The standard InChI is InChI=1S/C17H10ClF3O3/c1-23-13-8-9(6-7-11(13)17(19,20)21)16-14(18)15(22)10-4-2-3-5-12(10)24-16/h2-8H,1H3.